The van der Waals surface area contributed by atoms with Gasteiger partial charge < -0.3 is 0 Å². The molecule has 0 rings (SSSR count). The molecule has 0 bridgehead atoms. The van der Waals surface area contributed by atoms with Crippen LogP contribution in [-0.4, -0.2) is 44.4 Å². The third kappa shape index (κ3) is 8.45. The number of hydrogen-bond donors (Lipinski definition) is 0. The van der Waals surface area contributed by atoms with Gasteiger partial charge in [0.2, 0.25) is 0 Å². The SMILES string of the molecule is CCCCSCC(S(=O)(=O)CCCC)S(=O)(=O)CCCC. The standard InChI is InChI=1S/C14H30O4S3/c1-4-7-10-19-13-14(20(15,16)11-8-5-2)21(17,18)12-9-6-3/h14H,4-13H2,1-3H3. The first-order valence-corrected chi connectivity index (χ1v) is 12.4. The Hall–Kier alpha value is 0.250. The Balaban J connectivity index is 4.99. The topological polar surface area (TPSA) is 68.3 Å². The fraction of sp³-hybridized carbons (Fsp3) is 1.00. The summed E-state index contributed by atoms with van der Waals surface area (Å²) in [5.74, 6) is 0.958. The third-order valence-corrected chi connectivity index (χ3v) is 10.2. The summed E-state index contributed by atoms with van der Waals surface area (Å²) in [7, 11) is -7.14. The quantitative estimate of drug-likeness (QED) is 0.473. The summed E-state index contributed by atoms with van der Waals surface area (Å²) in [6.07, 6.45) is 4.58. The fourth-order valence-electron chi connectivity index (χ4n) is 1.81. The summed E-state index contributed by atoms with van der Waals surface area (Å²) < 4.78 is 48.3. The summed E-state index contributed by atoms with van der Waals surface area (Å²) in [4.78, 5) is 0. The highest BCUT2D eigenvalue weighted by molar-refractivity contribution is 8.11. The van der Waals surface area contributed by atoms with Crippen LogP contribution in [0.1, 0.15) is 59.3 Å². The van der Waals surface area contributed by atoms with E-state index in [1.54, 1.807) is 0 Å². The summed E-state index contributed by atoms with van der Waals surface area (Å²) in [6.45, 7) is 5.88. The van der Waals surface area contributed by atoms with Crippen LogP contribution in [0, 0.1) is 0 Å². The van der Waals surface area contributed by atoms with Crippen LogP contribution in [0.3, 0.4) is 0 Å². The van der Waals surface area contributed by atoms with Crippen LogP contribution in [0.15, 0.2) is 0 Å². The smallest absolute Gasteiger partial charge is 0.171 e. The Morgan fingerprint density at radius 2 is 1.19 bits per heavy atom. The number of sulfone groups is 2. The molecule has 0 N–H and O–H groups in total. The zero-order valence-corrected chi connectivity index (χ0v) is 16.0. The van der Waals surface area contributed by atoms with Crippen LogP contribution in [-0.2, 0) is 19.7 Å². The monoisotopic (exact) mass is 358 g/mol. The molecule has 4 nitrogen and oxygen atoms in total. The van der Waals surface area contributed by atoms with Gasteiger partial charge in [0.1, 0.15) is 0 Å². The van der Waals surface area contributed by atoms with Crippen molar-refractivity contribution in [2.24, 2.45) is 0 Å². The predicted octanol–water partition coefficient (Wildman–Crippen LogP) is 3.28. The van der Waals surface area contributed by atoms with Gasteiger partial charge in [-0.2, -0.15) is 11.8 Å². The maximum Gasteiger partial charge on any atom is 0.171 e. The Kier molecular flexibility index (Phi) is 11.0. The lowest BCUT2D eigenvalue weighted by Gasteiger charge is -2.18. The second-order valence-corrected chi connectivity index (χ2v) is 11.4. The normalized spacial score (nSPS) is 13.0. The van der Waals surface area contributed by atoms with Gasteiger partial charge in [-0.3, -0.25) is 0 Å². The zero-order valence-electron chi connectivity index (χ0n) is 13.5. The maximum absolute atomic E-state index is 12.4. The molecule has 0 saturated heterocycles. The van der Waals surface area contributed by atoms with Gasteiger partial charge in [-0.05, 0) is 25.0 Å². The Bertz CT molecular complexity index is 417. The summed E-state index contributed by atoms with van der Waals surface area (Å²) >= 11 is 1.45. The van der Waals surface area contributed by atoms with Gasteiger partial charge in [0.25, 0.3) is 0 Å². The van der Waals surface area contributed by atoms with Crippen molar-refractivity contribution in [2.45, 2.75) is 63.9 Å². The number of rotatable bonds is 13. The summed E-state index contributed by atoms with van der Waals surface area (Å²) in [5, 5.41) is 0. The van der Waals surface area contributed by atoms with Crippen molar-refractivity contribution in [3.8, 4) is 0 Å². The van der Waals surface area contributed by atoms with Crippen LogP contribution in [0.4, 0.5) is 0 Å². The van der Waals surface area contributed by atoms with E-state index in [0.29, 0.717) is 12.8 Å². The molecular weight excluding hydrogens is 328 g/mol. The first-order chi connectivity index (χ1) is 9.81. The second-order valence-electron chi connectivity index (χ2n) is 5.30. The summed E-state index contributed by atoms with van der Waals surface area (Å²) in [6, 6.07) is 0. The first-order valence-electron chi connectivity index (χ1n) is 7.82. The van der Waals surface area contributed by atoms with Gasteiger partial charge in [-0.25, -0.2) is 16.8 Å². The lowest BCUT2D eigenvalue weighted by atomic mass is 10.4. The van der Waals surface area contributed by atoms with E-state index in [4.69, 9.17) is 0 Å². The molecule has 0 atom stereocenters. The molecule has 0 spiro atoms. The highest BCUT2D eigenvalue weighted by Crippen LogP contribution is 2.21. The van der Waals surface area contributed by atoms with Gasteiger partial charge in [0.05, 0.1) is 11.5 Å². The molecule has 0 aromatic carbocycles. The van der Waals surface area contributed by atoms with Crippen molar-refractivity contribution in [1.29, 1.82) is 0 Å². The summed E-state index contributed by atoms with van der Waals surface area (Å²) in [5.41, 5.74) is 0. The average Bonchev–Trinajstić information content (AvgIpc) is 2.42. The molecule has 0 heterocycles. The lowest BCUT2D eigenvalue weighted by molar-refractivity contribution is 0.575. The van der Waals surface area contributed by atoms with Crippen molar-refractivity contribution in [2.75, 3.05) is 23.0 Å². The van der Waals surface area contributed by atoms with Crippen LogP contribution in [0.2, 0.25) is 0 Å². The molecule has 0 aromatic rings. The highest BCUT2D eigenvalue weighted by Gasteiger charge is 2.36. The molecule has 0 aromatic heterocycles. The third-order valence-electron chi connectivity index (χ3n) is 3.26. The van der Waals surface area contributed by atoms with Crippen molar-refractivity contribution >= 4 is 31.4 Å². The van der Waals surface area contributed by atoms with Crippen LogP contribution < -0.4 is 0 Å². The van der Waals surface area contributed by atoms with Gasteiger partial charge >= 0.3 is 0 Å². The Morgan fingerprint density at radius 3 is 1.57 bits per heavy atom. The van der Waals surface area contributed by atoms with E-state index in [1.165, 1.54) is 11.8 Å². The molecule has 0 fully saturated rings. The number of unbranched alkanes of at least 4 members (excludes halogenated alkanes) is 3. The number of thioether (sulfide) groups is 1. The molecule has 0 unspecified atom stereocenters. The van der Waals surface area contributed by atoms with Crippen LogP contribution >= 0.6 is 11.8 Å². The maximum atomic E-state index is 12.4. The largest absolute Gasteiger partial charge is 0.227 e. The molecule has 0 radical (unpaired) electrons. The van der Waals surface area contributed by atoms with Crippen molar-refractivity contribution in [3.63, 3.8) is 0 Å². The van der Waals surface area contributed by atoms with Crippen molar-refractivity contribution in [3.05, 3.63) is 0 Å². The Morgan fingerprint density at radius 1 is 0.762 bits per heavy atom. The minimum Gasteiger partial charge on any atom is -0.227 e. The molecular formula is C14H30O4S3. The zero-order chi connectivity index (χ0) is 16.4. The molecule has 21 heavy (non-hydrogen) atoms. The van der Waals surface area contributed by atoms with Gasteiger partial charge in [0.15, 0.2) is 24.3 Å². The Labute approximate surface area is 135 Å². The molecule has 0 saturated carbocycles. The molecule has 0 aliphatic carbocycles. The fourth-order valence-corrected chi connectivity index (χ4v) is 9.17. The van der Waals surface area contributed by atoms with Crippen LogP contribution in [0.25, 0.3) is 0 Å². The van der Waals surface area contributed by atoms with Crippen molar-refractivity contribution in [1.82, 2.24) is 0 Å². The van der Waals surface area contributed by atoms with E-state index in [-0.39, 0.29) is 17.3 Å². The van der Waals surface area contributed by atoms with E-state index < -0.39 is 24.3 Å². The van der Waals surface area contributed by atoms with Gasteiger partial charge in [-0.1, -0.05) is 40.0 Å². The van der Waals surface area contributed by atoms with Gasteiger partial charge in [0, 0.05) is 5.75 Å². The lowest BCUT2D eigenvalue weighted by Crippen LogP contribution is -2.36. The first kappa shape index (κ1) is 21.2. The highest BCUT2D eigenvalue weighted by atomic mass is 32.3. The van der Waals surface area contributed by atoms with Crippen molar-refractivity contribution < 1.29 is 16.8 Å². The molecule has 128 valence electrons. The van der Waals surface area contributed by atoms with E-state index >= 15 is 0 Å². The molecule has 0 aliphatic rings. The molecule has 0 aliphatic heterocycles. The molecule has 7 heteroatoms. The average molecular weight is 359 g/mol. The van der Waals surface area contributed by atoms with Gasteiger partial charge in [-0.15, -0.1) is 0 Å². The predicted molar refractivity (Wildman–Crippen MR) is 93.4 cm³/mol. The van der Waals surface area contributed by atoms with E-state index in [0.717, 1.165) is 31.4 Å². The van der Waals surface area contributed by atoms with Crippen LogP contribution in [0.5, 0.6) is 0 Å². The second kappa shape index (κ2) is 10.9. The molecule has 0 amide bonds. The van der Waals surface area contributed by atoms with E-state index in [2.05, 4.69) is 6.92 Å². The van der Waals surface area contributed by atoms with E-state index in [1.807, 2.05) is 13.8 Å². The van der Waals surface area contributed by atoms with E-state index in [9.17, 15) is 16.8 Å². The minimum absolute atomic E-state index is 0.0200. The number of hydrogen-bond acceptors (Lipinski definition) is 5. The minimum atomic E-state index is -3.57.